The van der Waals surface area contributed by atoms with Gasteiger partial charge in [0.25, 0.3) is 0 Å². The van der Waals surface area contributed by atoms with Crippen LogP contribution in [0, 0.1) is 0 Å². The first-order chi connectivity index (χ1) is 24.2. The minimum absolute atomic E-state index is 0.314. The molecule has 0 heterocycles. The summed E-state index contributed by atoms with van der Waals surface area (Å²) in [5.74, 6) is 2.87. The van der Waals surface area contributed by atoms with Gasteiger partial charge in [0.2, 0.25) is 0 Å². The summed E-state index contributed by atoms with van der Waals surface area (Å²) in [6.07, 6.45) is 0. The van der Waals surface area contributed by atoms with Gasteiger partial charge >= 0.3 is 0 Å². The molecule has 0 bridgehead atoms. The zero-order valence-electron chi connectivity index (χ0n) is 29.4. The molecule has 5 aromatic carbocycles. The van der Waals surface area contributed by atoms with Crippen LogP contribution >= 0.6 is 0 Å². The Kier molecular flexibility index (Phi) is 10.6. The molecule has 0 radical (unpaired) electrons. The Morgan fingerprint density at radius 3 is 0.600 bits per heavy atom. The summed E-state index contributed by atoms with van der Waals surface area (Å²) in [7, 11) is 12.1. The minimum Gasteiger partial charge on any atom is -0.496 e. The number of hydrogen-bond donors (Lipinski definition) is 2. The SMILES string of the molecule is COc1cccc(OC)c1C(O)(c1ccc(C(O)(c2c(OC)cccc2OC)c2c(OC)cccc2OC)cc1)c1c(OC)cccc1OC. The molecule has 0 aliphatic carbocycles. The molecular weight excluding hydrogens is 640 g/mol. The maximum atomic E-state index is 13.3. The van der Waals surface area contributed by atoms with Crippen molar-refractivity contribution in [3.05, 3.63) is 130 Å². The van der Waals surface area contributed by atoms with Crippen LogP contribution in [0.1, 0.15) is 33.4 Å². The molecule has 10 nitrogen and oxygen atoms in total. The van der Waals surface area contributed by atoms with E-state index in [9.17, 15) is 10.2 Å². The second-order valence-corrected chi connectivity index (χ2v) is 11.1. The van der Waals surface area contributed by atoms with Crippen molar-refractivity contribution >= 4 is 0 Å². The third-order valence-electron chi connectivity index (χ3n) is 8.88. The van der Waals surface area contributed by atoms with Crippen LogP contribution in [0.4, 0.5) is 0 Å². The van der Waals surface area contributed by atoms with E-state index in [1.807, 2.05) is 0 Å². The Labute approximate surface area is 292 Å². The van der Waals surface area contributed by atoms with Gasteiger partial charge in [0.15, 0.2) is 11.2 Å². The van der Waals surface area contributed by atoms with E-state index in [0.29, 0.717) is 79.4 Å². The van der Waals surface area contributed by atoms with Crippen LogP contribution in [-0.4, -0.2) is 67.1 Å². The number of benzene rings is 5. The predicted molar refractivity (Wildman–Crippen MR) is 189 cm³/mol. The number of rotatable bonds is 14. The molecule has 262 valence electrons. The highest BCUT2D eigenvalue weighted by molar-refractivity contribution is 5.67. The molecule has 0 amide bonds. The summed E-state index contributed by atoms with van der Waals surface area (Å²) >= 11 is 0. The molecule has 0 spiro atoms. The standard InChI is InChI=1S/C40H42O10/c1-43-27-13-9-14-28(44-2)35(27)39(41,36-29(45-3)15-10-16-30(36)46-4)25-21-23-26(24-22-25)40(42,37-31(47-5)17-11-18-32(37)48-6)38-33(49-7)19-12-20-34(38)50-8/h9-24,41-42H,1-8H3. The Balaban J connectivity index is 1.90. The van der Waals surface area contributed by atoms with Crippen molar-refractivity contribution in [3.63, 3.8) is 0 Å². The highest BCUT2D eigenvalue weighted by atomic mass is 16.5. The molecule has 5 rings (SSSR count). The molecule has 10 heteroatoms. The zero-order chi connectivity index (χ0) is 36.1. The molecule has 0 fully saturated rings. The van der Waals surface area contributed by atoms with Crippen LogP contribution in [0.15, 0.2) is 97.1 Å². The topological polar surface area (TPSA) is 114 Å². The highest BCUT2D eigenvalue weighted by Gasteiger charge is 2.47. The fourth-order valence-electron chi connectivity index (χ4n) is 6.61. The third-order valence-corrected chi connectivity index (χ3v) is 8.88. The first kappa shape index (κ1) is 35.7. The van der Waals surface area contributed by atoms with Gasteiger partial charge in [-0.25, -0.2) is 0 Å². The van der Waals surface area contributed by atoms with E-state index in [0.717, 1.165) is 0 Å². The van der Waals surface area contributed by atoms with Crippen molar-refractivity contribution in [2.45, 2.75) is 11.2 Å². The quantitative estimate of drug-likeness (QED) is 0.129. The Morgan fingerprint density at radius 2 is 0.460 bits per heavy atom. The fraction of sp³-hybridized carbons (Fsp3) is 0.250. The lowest BCUT2D eigenvalue weighted by atomic mass is 9.75. The van der Waals surface area contributed by atoms with Gasteiger partial charge in [-0.15, -0.1) is 0 Å². The van der Waals surface area contributed by atoms with Gasteiger partial charge in [-0.05, 0) is 59.7 Å². The van der Waals surface area contributed by atoms with Crippen LogP contribution in [0.5, 0.6) is 46.0 Å². The zero-order valence-corrected chi connectivity index (χ0v) is 29.4. The second kappa shape index (κ2) is 14.9. The Hall–Kier alpha value is -5.58. The van der Waals surface area contributed by atoms with E-state index in [2.05, 4.69) is 0 Å². The minimum atomic E-state index is -1.98. The van der Waals surface area contributed by atoms with Crippen molar-refractivity contribution in [2.75, 3.05) is 56.9 Å². The third kappa shape index (κ3) is 5.76. The van der Waals surface area contributed by atoms with E-state index >= 15 is 0 Å². The first-order valence-corrected chi connectivity index (χ1v) is 15.6. The molecule has 2 N–H and O–H groups in total. The maximum absolute atomic E-state index is 13.3. The normalized spacial score (nSPS) is 11.4. The smallest absolute Gasteiger partial charge is 0.154 e. The van der Waals surface area contributed by atoms with Crippen LogP contribution < -0.4 is 37.9 Å². The van der Waals surface area contributed by atoms with Gasteiger partial charge in [-0.1, -0.05) is 48.5 Å². The van der Waals surface area contributed by atoms with Crippen LogP contribution in [0.25, 0.3) is 0 Å². The van der Waals surface area contributed by atoms with Gasteiger partial charge in [-0.2, -0.15) is 0 Å². The van der Waals surface area contributed by atoms with Gasteiger partial charge in [0, 0.05) is 0 Å². The number of aliphatic hydroxyl groups is 2. The summed E-state index contributed by atoms with van der Waals surface area (Å²) in [6.45, 7) is 0. The van der Waals surface area contributed by atoms with Crippen molar-refractivity contribution in [2.24, 2.45) is 0 Å². The summed E-state index contributed by atoms with van der Waals surface area (Å²) < 4.78 is 46.4. The van der Waals surface area contributed by atoms with Crippen molar-refractivity contribution in [3.8, 4) is 46.0 Å². The van der Waals surface area contributed by atoms with E-state index in [4.69, 9.17) is 37.9 Å². The van der Waals surface area contributed by atoms with Gasteiger partial charge in [0.05, 0.1) is 79.1 Å². The molecule has 5 aromatic rings. The molecule has 0 saturated carbocycles. The summed E-state index contributed by atoms with van der Waals surface area (Å²) in [6, 6.07) is 27.8. The lowest BCUT2D eigenvalue weighted by Gasteiger charge is -2.36. The van der Waals surface area contributed by atoms with Gasteiger partial charge < -0.3 is 48.1 Å². The Morgan fingerprint density at radius 1 is 0.300 bits per heavy atom. The number of hydrogen-bond acceptors (Lipinski definition) is 10. The predicted octanol–water partition coefficient (Wildman–Crippen LogP) is 6.32. The van der Waals surface area contributed by atoms with Gasteiger partial charge in [-0.3, -0.25) is 0 Å². The van der Waals surface area contributed by atoms with Crippen LogP contribution in [0.2, 0.25) is 0 Å². The summed E-state index contributed by atoms with van der Waals surface area (Å²) in [5, 5.41) is 26.5. The fourth-order valence-corrected chi connectivity index (χ4v) is 6.61. The average molecular weight is 683 g/mol. The van der Waals surface area contributed by atoms with Crippen LogP contribution in [-0.2, 0) is 11.2 Å². The molecule has 0 aromatic heterocycles. The lowest BCUT2D eigenvalue weighted by Crippen LogP contribution is -2.33. The number of methoxy groups -OCH3 is 8. The van der Waals surface area contributed by atoms with Crippen molar-refractivity contribution < 1.29 is 48.1 Å². The van der Waals surface area contributed by atoms with Crippen LogP contribution in [0.3, 0.4) is 0 Å². The Bertz CT molecular complexity index is 1600. The maximum Gasteiger partial charge on any atom is 0.154 e. The summed E-state index contributed by atoms with van der Waals surface area (Å²) in [4.78, 5) is 0. The van der Waals surface area contributed by atoms with Crippen molar-refractivity contribution in [1.29, 1.82) is 0 Å². The average Bonchev–Trinajstić information content (AvgIpc) is 3.18. The largest absolute Gasteiger partial charge is 0.496 e. The monoisotopic (exact) mass is 682 g/mol. The highest BCUT2D eigenvalue weighted by Crippen LogP contribution is 2.54. The second-order valence-electron chi connectivity index (χ2n) is 11.1. The summed E-state index contributed by atoms with van der Waals surface area (Å²) in [5.41, 5.74) is -1.93. The molecule has 0 atom stereocenters. The van der Waals surface area contributed by atoms with E-state index in [-0.39, 0.29) is 0 Å². The number of ether oxygens (including phenoxy) is 8. The molecule has 0 aliphatic heterocycles. The molecule has 0 saturated heterocycles. The molecule has 0 unspecified atom stereocenters. The first-order valence-electron chi connectivity index (χ1n) is 15.6. The molecule has 0 aliphatic rings. The van der Waals surface area contributed by atoms with E-state index in [1.54, 1.807) is 97.1 Å². The van der Waals surface area contributed by atoms with Crippen molar-refractivity contribution in [1.82, 2.24) is 0 Å². The van der Waals surface area contributed by atoms with E-state index in [1.165, 1.54) is 56.9 Å². The molecule has 50 heavy (non-hydrogen) atoms. The lowest BCUT2D eigenvalue weighted by molar-refractivity contribution is 0.107. The van der Waals surface area contributed by atoms with Gasteiger partial charge in [0.1, 0.15) is 46.0 Å². The molecular formula is C40H42O10. The van der Waals surface area contributed by atoms with E-state index < -0.39 is 11.2 Å².